The van der Waals surface area contributed by atoms with E-state index < -0.39 is 27.2 Å². The fourth-order valence-electron chi connectivity index (χ4n) is 4.58. The number of sulfonamides is 1. The van der Waals surface area contributed by atoms with Crippen LogP contribution in [0.4, 0.5) is 5.69 Å². The van der Waals surface area contributed by atoms with Crippen LogP contribution in [0, 0.1) is 11.3 Å². The third-order valence-corrected chi connectivity index (χ3v) is 8.64. The summed E-state index contributed by atoms with van der Waals surface area (Å²) in [5.41, 5.74) is 4.22. The Labute approximate surface area is 233 Å². The number of hydrogen-bond donors (Lipinski definition) is 2. The molecule has 1 saturated carbocycles. The molecule has 0 bridgehead atoms. The predicted octanol–water partition coefficient (Wildman–Crippen LogP) is 5.03. The second-order valence-electron chi connectivity index (χ2n) is 9.54. The Morgan fingerprint density at radius 1 is 1.10 bits per heavy atom. The predicted molar refractivity (Wildman–Crippen MR) is 154 cm³/mol. The van der Waals surface area contributed by atoms with Gasteiger partial charge in [0.25, 0.3) is 5.91 Å². The third-order valence-electron chi connectivity index (χ3n) is 6.81. The Morgan fingerprint density at radius 3 is 2.50 bits per heavy atom. The lowest BCUT2D eigenvalue weighted by molar-refractivity contribution is -0.120. The zero-order chi connectivity index (χ0) is 28.3. The lowest BCUT2D eigenvalue weighted by Crippen LogP contribution is -2.43. The second-order valence-corrected chi connectivity index (χ2v) is 11.5. The molecule has 9 nitrogen and oxygen atoms in total. The van der Waals surface area contributed by atoms with Gasteiger partial charge in [-0.2, -0.15) is 5.26 Å². The molecular weight excluding hydrogens is 526 g/mol. The zero-order valence-corrected chi connectivity index (χ0v) is 23.0. The quantitative estimate of drug-likeness (QED) is 0.278. The summed E-state index contributed by atoms with van der Waals surface area (Å²) in [6, 6.07) is 18.5. The molecular formula is C30H29N5O4S. The molecule has 2 N–H and O–H groups in total. The maximum Gasteiger partial charge on any atom is 0.255 e. The van der Waals surface area contributed by atoms with Gasteiger partial charge in [0.2, 0.25) is 10.0 Å². The first kappa shape index (κ1) is 27.1. The fraction of sp³-hybridized carbons (Fsp3) is 0.267. The first-order chi connectivity index (χ1) is 19.4. The van der Waals surface area contributed by atoms with Gasteiger partial charge in [-0.3, -0.25) is 14.5 Å². The van der Waals surface area contributed by atoms with Crippen LogP contribution in [0.2, 0.25) is 0 Å². The number of nitriles is 1. The topological polar surface area (TPSA) is 134 Å². The van der Waals surface area contributed by atoms with Gasteiger partial charge in [0.15, 0.2) is 0 Å². The van der Waals surface area contributed by atoms with Crippen molar-refractivity contribution in [1.29, 1.82) is 5.26 Å². The average molecular weight is 556 g/mol. The number of nitrogens with zero attached hydrogens (tertiary/aromatic N) is 3. The van der Waals surface area contributed by atoms with Crippen molar-refractivity contribution in [2.75, 3.05) is 11.9 Å². The SMILES string of the molecule is CCOc1ccccc1-c1ccc(-c2nc3cnccc3c(N[C@H](CC)C(=O)NS(=O)(=O)C3CC3)c2C#N)cc1. The number of carbonyl (C=O) groups excluding carboxylic acids is 1. The van der Waals surface area contributed by atoms with Crippen LogP contribution in [-0.4, -0.2) is 42.2 Å². The normalized spacial score (nSPS) is 13.8. The minimum atomic E-state index is -3.71. The van der Waals surface area contributed by atoms with Crippen molar-refractivity contribution in [3.8, 4) is 34.2 Å². The average Bonchev–Trinajstić information content (AvgIpc) is 3.82. The van der Waals surface area contributed by atoms with Crippen molar-refractivity contribution in [2.45, 2.75) is 44.4 Å². The van der Waals surface area contributed by atoms with Gasteiger partial charge in [-0.15, -0.1) is 0 Å². The van der Waals surface area contributed by atoms with Crippen molar-refractivity contribution < 1.29 is 17.9 Å². The van der Waals surface area contributed by atoms with Gasteiger partial charge in [0.1, 0.15) is 23.4 Å². The van der Waals surface area contributed by atoms with Crippen LogP contribution in [0.15, 0.2) is 67.0 Å². The lowest BCUT2D eigenvalue weighted by Gasteiger charge is -2.21. The van der Waals surface area contributed by atoms with Crippen LogP contribution in [0.1, 0.15) is 38.7 Å². The highest BCUT2D eigenvalue weighted by Crippen LogP contribution is 2.36. The van der Waals surface area contributed by atoms with Gasteiger partial charge in [-0.05, 0) is 43.9 Å². The molecule has 204 valence electrons. The van der Waals surface area contributed by atoms with Crippen LogP contribution in [-0.2, 0) is 14.8 Å². The van der Waals surface area contributed by atoms with Gasteiger partial charge in [-0.1, -0.05) is 49.4 Å². The number of nitrogens with one attached hydrogen (secondary N) is 2. The summed E-state index contributed by atoms with van der Waals surface area (Å²) in [4.78, 5) is 21.9. The van der Waals surface area contributed by atoms with E-state index in [0.717, 1.165) is 16.9 Å². The number of hydrogen-bond acceptors (Lipinski definition) is 8. The number of amides is 1. The molecule has 1 fully saturated rings. The van der Waals surface area contributed by atoms with E-state index in [4.69, 9.17) is 9.72 Å². The molecule has 10 heteroatoms. The minimum Gasteiger partial charge on any atom is -0.493 e. The van der Waals surface area contributed by atoms with E-state index in [1.807, 2.05) is 55.5 Å². The standard InChI is InChI=1S/C30H29N5O4S/c1-3-25(30(36)35-40(37,38)21-13-14-21)33-29-23-15-16-32-18-26(23)34-28(24(29)17-31)20-11-9-19(10-12-20)22-7-5-6-8-27(22)39-4-2/h5-12,15-16,18,21,25H,3-4,13-14H2,1-2H3,(H,33,34)(H,35,36)/t25-/m1/s1. The van der Waals surface area contributed by atoms with E-state index in [0.29, 0.717) is 53.7 Å². The van der Waals surface area contributed by atoms with Crippen LogP contribution in [0.25, 0.3) is 33.3 Å². The summed E-state index contributed by atoms with van der Waals surface area (Å²) in [5, 5.41) is 13.5. The highest BCUT2D eigenvalue weighted by Gasteiger charge is 2.38. The smallest absolute Gasteiger partial charge is 0.255 e. The van der Waals surface area contributed by atoms with Gasteiger partial charge in [-0.25, -0.2) is 13.4 Å². The summed E-state index contributed by atoms with van der Waals surface area (Å²) in [5.74, 6) is 0.126. The Morgan fingerprint density at radius 2 is 1.82 bits per heavy atom. The highest BCUT2D eigenvalue weighted by atomic mass is 32.2. The van der Waals surface area contributed by atoms with E-state index in [1.54, 1.807) is 25.4 Å². The van der Waals surface area contributed by atoms with Crippen LogP contribution >= 0.6 is 0 Å². The lowest BCUT2D eigenvalue weighted by atomic mass is 9.98. The summed E-state index contributed by atoms with van der Waals surface area (Å²) in [6.45, 7) is 4.26. The molecule has 2 aromatic carbocycles. The van der Waals surface area contributed by atoms with Gasteiger partial charge in [0, 0.05) is 22.7 Å². The largest absolute Gasteiger partial charge is 0.493 e. The van der Waals surface area contributed by atoms with E-state index in [2.05, 4.69) is 21.1 Å². The number of para-hydroxylation sites is 1. The number of aromatic nitrogens is 2. The summed E-state index contributed by atoms with van der Waals surface area (Å²) < 4.78 is 32.8. The maximum absolute atomic E-state index is 13.0. The summed E-state index contributed by atoms with van der Waals surface area (Å²) in [6.07, 6.45) is 4.57. The van der Waals surface area contributed by atoms with Crippen molar-refractivity contribution >= 4 is 32.5 Å². The first-order valence-corrected chi connectivity index (χ1v) is 14.7. The van der Waals surface area contributed by atoms with Crippen molar-refractivity contribution in [2.24, 2.45) is 0 Å². The Kier molecular flexibility index (Phi) is 7.67. The Hall–Kier alpha value is -4.49. The molecule has 1 aliphatic rings. The van der Waals surface area contributed by atoms with Gasteiger partial charge >= 0.3 is 0 Å². The minimum absolute atomic E-state index is 0.248. The zero-order valence-electron chi connectivity index (χ0n) is 22.2. The fourth-order valence-corrected chi connectivity index (χ4v) is 5.92. The summed E-state index contributed by atoms with van der Waals surface area (Å²) in [7, 11) is -3.71. The van der Waals surface area contributed by atoms with Crippen molar-refractivity contribution in [3.05, 3.63) is 72.6 Å². The Bertz CT molecular complexity index is 1710. The molecule has 0 aliphatic heterocycles. The van der Waals surface area contributed by atoms with E-state index in [9.17, 15) is 18.5 Å². The molecule has 1 amide bonds. The van der Waals surface area contributed by atoms with E-state index in [1.165, 1.54) is 0 Å². The maximum atomic E-state index is 13.0. The van der Waals surface area contributed by atoms with Gasteiger partial charge in [0.05, 0.1) is 35.0 Å². The number of anilines is 1. The van der Waals surface area contributed by atoms with E-state index >= 15 is 0 Å². The molecule has 0 saturated heterocycles. The highest BCUT2D eigenvalue weighted by molar-refractivity contribution is 7.90. The van der Waals surface area contributed by atoms with Crippen LogP contribution in [0.3, 0.4) is 0 Å². The number of carbonyl (C=O) groups is 1. The van der Waals surface area contributed by atoms with Gasteiger partial charge < -0.3 is 10.1 Å². The molecule has 0 spiro atoms. The number of benzene rings is 2. The monoisotopic (exact) mass is 555 g/mol. The molecule has 5 rings (SSSR count). The third kappa shape index (κ3) is 5.46. The summed E-state index contributed by atoms with van der Waals surface area (Å²) >= 11 is 0. The molecule has 2 aromatic heterocycles. The van der Waals surface area contributed by atoms with Crippen molar-refractivity contribution in [1.82, 2.24) is 14.7 Å². The number of ether oxygens (including phenoxy) is 1. The Balaban J connectivity index is 1.54. The molecule has 1 aliphatic carbocycles. The molecule has 2 heterocycles. The molecule has 4 aromatic rings. The number of pyridine rings is 2. The molecule has 0 unspecified atom stereocenters. The molecule has 40 heavy (non-hydrogen) atoms. The number of fused-ring (bicyclic) bond motifs is 1. The van der Waals surface area contributed by atoms with Crippen LogP contribution < -0.4 is 14.8 Å². The van der Waals surface area contributed by atoms with E-state index in [-0.39, 0.29) is 5.56 Å². The number of rotatable bonds is 10. The van der Waals surface area contributed by atoms with Crippen molar-refractivity contribution in [3.63, 3.8) is 0 Å². The second kappa shape index (κ2) is 11.3. The van der Waals surface area contributed by atoms with Crippen LogP contribution in [0.5, 0.6) is 5.75 Å². The molecule has 0 radical (unpaired) electrons. The molecule has 1 atom stereocenters. The first-order valence-electron chi connectivity index (χ1n) is 13.2.